The number of amides is 1. The van der Waals surface area contributed by atoms with Gasteiger partial charge in [-0.05, 0) is 58.3 Å². The summed E-state index contributed by atoms with van der Waals surface area (Å²) in [7, 11) is 1.91. The molecule has 0 aromatic heterocycles. The molecule has 2 aliphatic carbocycles. The van der Waals surface area contributed by atoms with Gasteiger partial charge in [0, 0.05) is 13.1 Å². The first kappa shape index (κ1) is 12.7. The van der Waals surface area contributed by atoms with Gasteiger partial charge < -0.3 is 9.64 Å². The number of rotatable bonds is 1. The number of carbonyl (C=O) groups is 1. The van der Waals surface area contributed by atoms with Crippen molar-refractivity contribution in [2.24, 2.45) is 11.8 Å². The van der Waals surface area contributed by atoms with Crippen molar-refractivity contribution in [3.05, 3.63) is 0 Å². The molecule has 2 fully saturated rings. The molecule has 0 aromatic rings. The summed E-state index contributed by atoms with van der Waals surface area (Å²) < 4.78 is 5.46. The molecule has 2 bridgehead atoms. The Kier molecular flexibility index (Phi) is 3.37. The van der Waals surface area contributed by atoms with Crippen LogP contribution in [0.15, 0.2) is 0 Å². The Labute approximate surface area is 105 Å². The molecule has 98 valence electrons. The largest absolute Gasteiger partial charge is 0.444 e. The maximum atomic E-state index is 12.1. The number of hydrogen-bond acceptors (Lipinski definition) is 2. The third kappa shape index (κ3) is 2.75. The highest BCUT2D eigenvalue weighted by molar-refractivity contribution is 5.68. The Morgan fingerprint density at radius 3 is 2.12 bits per heavy atom. The van der Waals surface area contributed by atoms with Gasteiger partial charge in [0.15, 0.2) is 0 Å². The molecule has 0 aromatic carbocycles. The van der Waals surface area contributed by atoms with Gasteiger partial charge in [-0.3, -0.25) is 0 Å². The van der Waals surface area contributed by atoms with Gasteiger partial charge in [0.05, 0.1) is 0 Å². The second-order valence-corrected chi connectivity index (χ2v) is 6.61. The van der Waals surface area contributed by atoms with Crippen molar-refractivity contribution in [3.63, 3.8) is 0 Å². The van der Waals surface area contributed by atoms with Crippen LogP contribution >= 0.6 is 0 Å². The van der Waals surface area contributed by atoms with Gasteiger partial charge in [-0.2, -0.15) is 0 Å². The minimum atomic E-state index is -0.390. The molecule has 0 heterocycles. The molecule has 3 nitrogen and oxygen atoms in total. The second-order valence-electron chi connectivity index (χ2n) is 6.61. The Morgan fingerprint density at radius 2 is 1.65 bits per heavy atom. The van der Waals surface area contributed by atoms with E-state index in [0.717, 1.165) is 0 Å². The fourth-order valence-electron chi connectivity index (χ4n) is 3.52. The van der Waals surface area contributed by atoms with Gasteiger partial charge in [0.2, 0.25) is 0 Å². The zero-order chi connectivity index (χ0) is 12.6. The highest BCUT2D eigenvalue weighted by Gasteiger charge is 2.43. The first-order valence-electron chi connectivity index (χ1n) is 6.84. The minimum Gasteiger partial charge on any atom is -0.444 e. The van der Waals surface area contributed by atoms with Gasteiger partial charge in [-0.1, -0.05) is 6.42 Å². The third-order valence-electron chi connectivity index (χ3n) is 4.15. The van der Waals surface area contributed by atoms with E-state index in [1.54, 1.807) is 0 Å². The van der Waals surface area contributed by atoms with Gasteiger partial charge >= 0.3 is 6.09 Å². The second kappa shape index (κ2) is 4.51. The summed E-state index contributed by atoms with van der Waals surface area (Å²) in [5.74, 6) is 1.43. The van der Waals surface area contributed by atoms with Crippen LogP contribution in [0.25, 0.3) is 0 Å². The average molecular weight is 239 g/mol. The molecule has 2 aliphatic rings. The summed E-state index contributed by atoms with van der Waals surface area (Å²) in [6.07, 6.45) is 6.35. The molecule has 2 rings (SSSR count). The van der Waals surface area contributed by atoms with E-state index in [4.69, 9.17) is 4.74 Å². The summed E-state index contributed by atoms with van der Waals surface area (Å²) >= 11 is 0. The van der Waals surface area contributed by atoms with Crippen LogP contribution in [0.5, 0.6) is 0 Å². The molecule has 17 heavy (non-hydrogen) atoms. The Balaban J connectivity index is 2.00. The number of carbonyl (C=O) groups excluding carboxylic acids is 1. The normalized spacial score (nSPS) is 32.4. The molecular weight excluding hydrogens is 214 g/mol. The highest BCUT2D eigenvalue weighted by Crippen LogP contribution is 2.44. The summed E-state index contributed by atoms with van der Waals surface area (Å²) in [6, 6.07) is 0.429. The molecule has 0 spiro atoms. The quantitative estimate of drug-likeness (QED) is 0.701. The SMILES string of the molecule is CN(C(=O)OC(C)(C)C)C1C2CCCC1CC2. The van der Waals surface area contributed by atoms with Crippen molar-refractivity contribution in [1.29, 1.82) is 0 Å². The first-order chi connectivity index (χ1) is 7.88. The molecule has 2 saturated carbocycles. The predicted molar refractivity (Wildman–Crippen MR) is 67.9 cm³/mol. The van der Waals surface area contributed by atoms with Gasteiger partial charge in [0.1, 0.15) is 5.60 Å². The fourth-order valence-corrected chi connectivity index (χ4v) is 3.52. The van der Waals surface area contributed by atoms with E-state index in [-0.39, 0.29) is 11.7 Å². The smallest absolute Gasteiger partial charge is 0.410 e. The van der Waals surface area contributed by atoms with Crippen LogP contribution in [0.2, 0.25) is 0 Å². The number of hydrogen-bond donors (Lipinski definition) is 0. The van der Waals surface area contributed by atoms with Crippen LogP contribution in [-0.2, 0) is 4.74 Å². The van der Waals surface area contributed by atoms with Crippen molar-refractivity contribution in [2.75, 3.05) is 7.05 Å². The zero-order valence-electron chi connectivity index (χ0n) is 11.5. The van der Waals surface area contributed by atoms with Gasteiger partial charge in [-0.25, -0.2) is 4.79 Å². The summed E-state index contributed by atoms with van der Waals surface area (Å²) in [5.41, 5.74) is -0.390. The summed E-state index contributed by atoms with van der Waals surface area (Å²) in [6.45, 7) is 5.77. The standard InChI is InChI=1S/C14H25NO2/c1-14(2,3)17-13(16)15(4)12-10-6-5-7-11(12)9-8-10/h10-12H,5-9H2,1-4H3. The lowest BCUT2D eigenvalue weighted by atomic mass is 9.83. The Hall–Kier alpha value is -0.730. The maximum Gasteiger partial charge on any atom is 0.410 e. The van der Waals surface area contributed by atoms with Crippen molar-refractivity contribution < 1.29 is 9.53 Å². The van der Waals surface area contributed by atoms with Crippen molar-refractivity contribution >= 4 is 6.09 Å². The van der Waals surface area contributed by atoms with Crippen molar-refractivity contribution in [3.8, 4) is 0 Å². The van der Waals surface area contributed by atoms with Crippen molar-refractivity contribution in [1.82, 2.24) is 4.90 Å². The molecule has 0 N–H and O–H groups in total. The Bertz CT molecular complexity index is 279. The topological polar surface area (TPSA) is 29.5 Å². The molecule has 2 unspecified atom stereocenters. The zero-order valence-corrected chi connectivity index (χ0v) is 11.5. The monoisotopic (exact) mass is 239 g/mol. The highest BCUT2D eigenvalue weighted by atomic mass is 16.6. The van der Waals surface area contributed by atoms with Crippen LogP contribution in [0, 0.1) is 11.8 Å². The van der Waals surface area contributed by atoms with Crippen molar-refractivity contribution in [2.45, 2.75) is 64.5 Å². The van der Waals surface area contributed by atoms with Crippen LogP contribution in [0.1, 0.15) is 52.9 Å². The molecule has 1 amide bonds. The average Bonchev–Trinajstić information content (AvgIpc) is 2.44. The van der Waals surface area contributed by atoms with E-state index >= 15 is 0 Å². The van der Waals surface area contributed by atoms with E-state index in [2.05, 4.69) is 0 Å². The van der Waals surface area contributed by atoms with E-state index in [9.17, 15) is 4.79 Å². The maximum absolute atomic E-state index is 12.1. The van der Waals surface area contributed by atoms with Crippen LogP contribution in [-0.4, -0.2) is 29.7 Å². The minimum absolute atomic E-state index is 0.152. The molecular formula is C14H25NO2. The van der Waals surface area contributed by atoms with E-state index in [1.165, 1.54) is 32.1 Å². The van der Waals surface area contributed by atoms with E-state index in [0.29, 0.717) is 17.9 Å². The van der Waals surface area contributed by atoms with Crippen LogP contribution < -0.4 is 0 Å². The lowest BCUT2D eigenvalue weighted by Gasteiger charge is -2.37. The lowest BCUT2D eigenvalue weighted by molar-refractivity contribution is 0.00967. The summed E-state index contributed by atoms with van der Waals surface area (Å²) in [5, 5.41) is 0. The van der Waals surface area contributed by atoms with E-state index in [1.807, 2.05) is 32.7 Å². The molecule has 0 saturated heterocycles. The lowest BCUT2D eigenvalue weighted by Crippen LogP contribution is -2.46. The van der Waals surface area contributed by atoms with Gasteiger partial charge in [0.25, 0.3) is 0 Å². The number of fused-ring (bicyclic) bond motifs is 2. The first-order valence-corrected chi connectivity index (χ1v) is 6.84. The van der Waals surface area contributed by atoms with E-state index < -0.39 is 0 Å². The molecule has 3 heteroatoms. The third-order valence-corrected chi connectivity index (χ3v) is 4.15. The molecule has 0 aliphatic heterocycles. The Morgan fingerprint density at radius 1 is 1.12 bits per heavy atom. The fraction of sp³-hybridized carbons (Fsp3) is 0.929. The summed E-state index contributed by atoms with van der Waals surface area (Å²) in [4.78, 5) is 13.9. The predicted octanol–water partition coefficient (Wildman–Crippen LogP) is 3.43. The van der Waals surface area contributed by atoms with Crippen LogP contribution in [0.3, 0.4) is 0 Å². The molecule has 2 atom stereocenters. The molecule has 0 radical (unpaired) electrons. The van der Waals surface area contributed by atoms with Crippen LogP contribution in [0.4, 0.5) is 4.79 Å². The van der Waals surface area contributed by atoms with Gasteiger partial charge in [-0.15, -0.1) is 0 Å². The number of ether oxygens (including phenoxy) is 1. The number of nitrogens with zero attached hydrogens (tertiary/aromatic N) is 1.